The summed E-state index contributed by atoms with van der Waals surface area (Å²) in [5.74, 6) is 0.599. The summed E-state index contributed by atoms with van der Waals surface area (Å²) in [6.07, 6.45) is -0.0697. The highest BCUT2D eigenvalue weighted by atomic mass is 35.5. The quantitative estimate of drug-likeness (QED) is 0.791. The minimum atomic E-state index is -0.864. The molecule has 2 aromatic rings. The number of anilines is 1. The van der Waals surface area contributed by atoms with Gasteiger partial charge in [0.1, 0.15) is 5.82 Å². The first-order valence-corrected chi connectivity index (χ1v) is 7.39. The van der Waals surface area contributed by atoms with Crippen molar-refractivity contribution in [2.75, 3.05) is 11.9 Å². The number of urea groups is 1. The normalized spacial score (nSPS) is 12.0. The zero-order valence-electron chi connectivity index (χ0n) is 12.5. The van der Waals surface area contributed by atoms with Gasteiger partial charge in [0.05, 0.1) is 11.8 Å². The van der Waals surface area contributed by atoms with Crippen LogP contribution in [0.15, 0.2) is 30.3 Å². The van der Waals surface area contributed by atoms with Gasteiger partial charge in [-0.15, -0.1) is 0 Å². The van der Waals surface area contributed by atoms with Gasteiger partial charge in [-0.3, -0.25) is 10.00 Å². The van der Waals surface area contributed by atoms with E-state index < -0.39 is 12.1 Å². The van der Waals surface area contributed by atoms with Gasteiger partial charge in [0.2, 0.25) is 0 Å². The molecule has 1 aromatic carbocycles. The fourth-order valence-corrected chi connectivity index (χ4v) is 2.28. The summed E-state index contributed by atoms with van der Waals surface area (Å²) in [6.45, 7) is 2.06. The molecule has 118 valence electrons. The highest BCUT2D eigenvalue weighted by molar-refractivity contribution is 6.31. The summed E-state index contributed by atoms with van der Waals surface area (Å²) in [5.41, 5.74) is 1.48. The maximum Gasteiger partial charge on any atom is 0.320 e. The number of carbonyl (C=O) groups excluding carboxylic acids is 1. The molecule has 7 heteroatoms. The van der Waals surface area contributed by atoms with Crippen LogP contribution < -0.4 is 10.6 Å². The van der Waals surface area contributed by atoms with Gasteiger partial charge < -0.3 is 10.4 Å². The molecule has 0 aliphatic rings. The van der Waals surface area contributed by atoms with E-state index in [0.29, 0.717) is 16.4 Å². The molecule has 0 radical (unpaired) electrons. The minimum absolute atomic E-state index is 0.0635. The predicted molar refractivity (Wildman–Crippen MR) is 86.0 cm³/mol. The maximum absolute atomic E-state index is 11.9. The van der Waals surface area contributed by atoms with Crippen molar-refractivity contribution in [2.45, 2.75) is 19.4 Å². The van der Waals surface area contributed by atoms with E-state index in [2.05, 4.69) is 15.7 Å². The number of aryl methyl sites for hydroxylation is 2. The van der Waals surface area contributed by atoms with Crippen molar-refractivity contribution in [3.8, 4) is 0 Å². The van der Waals surface area contributed by atoms with Crippen LogP contribution >= 0.6 is 11.6 Å². The molecule has 6 nitrogen and oxygen atoms in total. The minimum Gasteiger partial charge on any atom is -0.387 e. The third-order valence-corrected chi connectivity index (χ3v) is 3.60. The number of aromatic nitrogens is 2. The van der Waals surface area contributed by atoms with Crippen molar-refractivity contribution in [2.24, 2.45) is 7.05 Å². The lowest BCUT2D eigenvalue weighted by Gasteiger charge is -2.14. The van der Waals surface area contributed by atoms with Crippen LogP contribution in [0.1, 0.15) is 24.3 Å². The number of nitrogens with zero attached hydrogens (tertiary/aromatic N) is 2. The Morgan fingerprint density at radius 2 is 2.18 bits per heavy atom. The van der Waals surface area contributed by atoms with Crippen LogP contribution in [0.3, 0.4) is 0 Å². The third-order valence-electron chi connectivity index (χ3n) is 3.25. The monoisotopic (exact) mass is 322 g/mol. The highest BCUT2D eigenvalue weighted by Crippen LogP contribution is 2.21. The molecule has 0 spiro atoms. The average molecular weight is 323 g/mol. The average Bonchev–Trinajstić information content (AvgIpc) is 2.85. The summed E-state index contributed by atoms with van der Waals surface area (Å²) in [5, 5.41) is 20.1. The molecule has 2 amide bonds. The lowest BCUT2D eigenvalue weighted by atomic mass is 10.1. The van der Waals surface area contributed by atoms with Crippen molar-refractivity contribution in [3.63, 3.8) is 0 Å². The number of aliphatic hydroxyl groups excluding tert-OH is 1. The van der Waals surface area contributed by atoms with Crippen molar-refractivity contribution in [1.82, 2.24) is 15.1 Å². The smallest absolute Gasteiger partial charge is 0.320 e. The van der Waals surface area contributed by atoms with Gasteiger partial charge in [-0.25, -0.2) is 4.79 Å². The van der Waals surface area contributed by atoms with Gasteiger partial charge in [0, 0.05) is 30.2 Å². The molecule has 1 aromatic heterocycles. The Hall–Kier alpha value is -2.05. The van der Waals surface area contributed by atoms with Gasteiger partial charge in [-0.2, -0.15) is 5.10 Å². The van der Waals surface area contributed by atoms with E-state index >= 15 is 0 Å². The fraction of sp³-hybridized carbons (Fsp3) is 0.333. The molecule has 1 unspecified atom stereocenters. The molecule has 0 fully saturated rings. The molecule has 0 saturated carbocycles. The summed E-state index contributed by atoms with van der Waals surface area (Å²) < 4.78 is 1.60. The molecule has 1 atom stereocenters. The van der Waals surface area contributed by atoms with Gasteiger partial charge >= 0.3 is 6.03 Å². The summed E-state index contributed by atoms with van der Waals surface area (Å²) >= 11 is 6.00. The van der Waals surface area contributed by atoms with E-state index in [0.717, 1.165) is 12.1 Å². The number of hydrogen-bond acceptors (Lipinski definition) is 3. The second-order valence-corrected chi connectivity index (χ2v) is 5.28. The second kappa shape index (κ2) is 7.29. The van der Waals surface area contributed by atoms with Gasteiger partial charge in [0.25, 0.3) is 0 Å². The Labute approximate surface area is 134 Å². The standard InChI is InChI=1S/C15H19ClN4O2/c1-3-10-8-14(20(2)19-10)18-15(22)17-9-13(21)11-6-4-5-7-12(11)16/h4-8,13,21H,3,9H2,1-2H3,(H2,17,18,22). The Balaban J connectivity index is 1.90. The maximum atomic E-state index is 11.9. The number of aliphatic hydroxyl groups is 1. The van der Waals surface area contributed by atoms with Gasteiger partial charge in [0.15, 0.2) is 0 Å². The van der Waals surface area contributed by atoms with Crippen LogP contribution in [0.2, 0.25) is 5.02 Å². The largest absolute Gasteiger partial charge is 0.387 e. The number of carbonyl (C=O) groups is 1. The number of nitrogens with one attached hydrogen (secondary N) is 2. The van der Waals surface area contributed by atoms with Crippen LogP contribution in [-0.4, -0.2) is 27.5 Å². The SMILES string of the molecule is CCc1cc(NC(=O)NCC(O)c2ccccc2Cl)n(C)n1. The number of halogens is 1. The molecule has 0 saturated heterocycles. The van der Waals surface area contributed by atoms with Crippen molar-refractivity contribution >= 4 is 23.4 Å². The molecule has 0 aliphatic carbocycles. The zero-order chi connectivity index (χ0) is 16.1. The molecule has 0 aliphatic heterocycles. The molecule has 3 N–H and O–H groups in total. The summed E-state index contributed by atoms with van der Waals surface area (Å²) in [7, 11) is 1.76. The first-order valence-electron chi connectivity index (χ1n) is 7.01. The van der Waals surface area contributed by atoms with Gasteiger partial charge in [-0.1, -0.05) is 36.7 Å². The Kier molecular flexibility index (Phi) is 5.41. The third kappa shape index (κ3) is 3.99. The van der Waals surface area contributed by atoms with Crippen LogP contribution in [0.25, 0.3) is 0 Å². The van der Waals surface area contributed by atoms with Crippen LogP contribution in [0.5, 0.6) is 0 Å². The Morgan fingerprint density at radius 3 is 2.82 bits per heavy atom. The molecular weight excluding hydrogens is 304 g/mol. The van der Waals surface area contributed by atoms with E-state index in [1.807, 2.05) is 13.0 Å². The number of rotatable bonds is 5. The molecule has 2 rings (SSSR count). The number of hydrogen-bond donors (Lipinski definition) is 3. The number of amides is 2. The summed E-state index contributed by atoms with van der Waals surface area (Å²) in [4.78, 5) is 11.9. The van der Waals surface area contributed by atoms with E-state index in [-0.39, 0.29) is 6.54 Å². The summed E-state index contributed by atoms with van der Waals surface area (Å²) in [6, 6.07) is 8.39. The predicted octanol–water partition coefficient (Wildman–Crippen LogP) is 2.49. The molecular formula is C15H19ClN4O2. The first kappa shape index (κ1) is 16.3. The van der Waals surface area contributed by atoms with E-state index in [1.165, 1.54) is 0 Å². The van der Waals surface area contributed by atoms with Crippen molar-refractivity contribution < 1.29 is 9.90 Å². The van der Waals surface area contributed by atoms with Gasteiger partial charge in [-0.05, 0) is 12.5 Å². The molecule has 0 bridgehead atoms. The van der Waals surface area contributed by atoms with Crippen LogP contribution in [0, 0.1) is 0 Å². The van der Waals surface area contributed by atoms with Crippen LogP contribution in [0.4, 0.5) is 10.6 Å². The number of benzene rings is 1. The van der Waals surface area contributed by atoms with E-state index in [1.54, 1.807) is 36.0 Å². The fourth-order valence-electron chi connectivity index (χ4n) is 2.02. The molecule has 22 heavy (non-hydrogen) atoms. The van der Waals surface area contributed by atoms with Crippen molar-refractivity contribution in [3.05, 3.63) is 46.6 Å². The molecule has 1 heterocycles. The van der Waals surface area contributed by atoms with E-state index in [4.69, 9.17) is 11.6 Å². The Bertz CT molecular complexity index is 657. The lowest BCUT2D eigenvalue weighted by molar-refractivity contribution is 0.175. The highest BCUT2D eigenvalue weighted by Gasteiger charge is 2.13. The zero-order valence-corrected chi connectivity index (χ0v) is 13.3. The topological polar surface area (TPSA) is 79.2 Å². The lowest BCUT2D eigenvalue weighted by Crippen LogP contribution is -2.33. The Morgan fingerprint density at radius 1 is 1.45 bits per heavy atom. The van der Waals surface area contributed by atoms with Crippen LogP contribution in [-0.2, 0) is 13.5 Å². The van der Waals surface area contributed by atoms with Crippen molar-refractivity contribution in [1.29, 1.82) is 0 Å². The second-order valence-electron chi connectivity index (χ2n) is 4.87. The van der Waals surface area contributed by atoms with E-state index in [9.17, 15) is 9.90 Å². The first-order chi connectivity index (χ1) is 10.5.